The van der Waals surface area contributed by atoms with Crippen molar-refractivity contribution in [2.75, 3.05) is 37.0 Å². The van der Waals surface area contributed by atoms with Gasteiger partial charge in [-0.25, -0.2) is 4.98 Å². The van der Waals surface area contributed by atoms with Crippen molar-refractivity contribution >= 4 is 33.6 Å². The van der Waals surface area contributed by atoms with Gasteiger partial charge < -0.3 is 14.5 Å². The van der Waals surface area contributed by atoms with Crippen LogP contribution in [0.1, 0.15) is 35.6 Å². The zero-order valence-corrected chi connectivity index (χ0v) is 15.9. The number of thiazole rings is 1. The molecule has 4 rings (SSSR count). The summed E-state index contributed by atoms with van der Waals surface area (Å²) >= 11 is 1.52. The van der Waals surface area contributed by atoms with Gasteiger partial charge in [-0.2, -0.15) is 0 Å². The predicted octanol–water partition coefficient (Wildman–Crippen LogP) is 3.89. The van der Waals surface area contributed by atoms with Gasteiger partial charge in [0.1, 0.15) is 12.4 Å². The second-order valence-electron chi connectivity index (χ2n) is 7.76. The van der Waals surface area contributed by atoms with Gasteiger partial charge in [0.05, 0.1) is 22.8 Å². The van der Waals surface area contributed by atoms with Crippen molar-refractivity contribution in [1.29, 1.82) is 0 Å². The van der Waals surface area contributed by atoms with Crippen molar-refractivity contribution in [2.24, 2.45) is 5.41 Å². The van der Waals surface area contributed by atoms with Gasteiger partial charge in [0.25, 0.3) is 0 Å². The monoisotopic (exact) mass is 357 g/mol. The molecular weight excluding hydrogens is 334 g/mol. The molecule has 1 aromatic carbocycles. The molecule has 0 saturated heterocycles. The molecule has 0 amide bonds. The topological polar surface area (TPSA) is 45.7 Å². The van der Waals surface area contributed by atoms with Crippen LogP contribution >= 0.6 is 11.3 Å². The van der Waals surface area contributed by atoms with E-state index in [0.29, 0.717) is 13.0 Å². The first-order chi connectivity index (χ1) is 11.8. The Morgan fingerprint density at radius 2 is 2.08 bits per heavy atom. The number of anilines is 3. The average molecular weight is 357 g/mol. The van der Waals surface area contributed by atoms with Gasteiger partial charge in [0.2, 0.25) is 0 Å². The first-order valence-corrected chi connectivity index (χ1v) is 9.40. The summed E-state index contributed by atoms with van der Waals surface area (Å²) in [7, 11) is 4.04. The first-order valence-electron chi connectivity index (χ1n) is 8.59. The highest BCUT2D eigenvalue weighted by Crippen LogP contribution is 2.44. The number of fused-ring (bicyclic) bond motifs is 2. The van der Waals surface area contributed by atoms with Crippen molar-refractivity contribution in [3.05, 3.63) is 28.8 Å². The molecule has 0 spiro atoms. The molecule has 0 N–H and O–H groups in total. The van der Waals surface area contributed by atoms with E-state index in [1.54, 1.807) is 0 Å². The fourth-order valence-corrected chi connectivity index (χ4v) is 4.57. The zero-order valence-electron chi connectivity index (χ0n) is 15.1. The summed E-state index contributed by atoms with van der Waals surface area (Å²) in [5.41, 5.74) is 3.09. The van der Waals surface area contributed by atoms with Gasteiger partial charge in [0, 0.05) is 32.3 Å². The summed E-state index contributed by atoms with van der Waals surface area (Å²) in [6.45, 7) is 5.64. The van der Waals surface area contributed by atoms with Gasteiger partial charge in [0.15, 0.2) is 10.9 Å². The van der Waals surface area contributed by atoms with Crippen molar-refractivity contribution in [2.45, 2.75) is 26.7 Å². The lowest BCUT2D eigenvalue weighted by Crippen LogP contribution is -2.29. The van der Waals surface area contributed by atoms with Crippen LogP contribution in [0.3, 0.4) is 0 Å². The van der Waals surface area contributed by atoms with E-state index in [-0.39, 0.29) is 11.2 Å². The number of carbonyl (C=O) groups is 1. The largest absolute Gasteiger partial charge is 0.489 e. The van der Waals surface area contributed by atoms with Crippen molar-refractivity contribution < 1.29 is 9.53 Å². The summed E-state index contributed by atoms with van der Waals surface area (Å²) in [6, 6.07) is 6.22. The molecule has 0 saturated carbocycles. The molecule has 132 valence electrons. The number of ketones is 1. The van der Waals surface area contributed by atoms with Gasteiger partial charge in [-0.05, 0) is 24.0 Å². The molecule has 1 aliphatic carbocycles. The maximum Gasteiger partial charge on any atom is 0.190 e. The van der Waals surface area contributed by atoms with Gasteiger partial charge in [-0.1, -0.05) is 25.2 Å². The minimum Gasteiger partial charge on any atom is -0.489 e. The number of Topliss-reactive ketones (excluding diaryl/α,β-unsaturated/α-hetero) is 1. The van der Waals surface area contributed by atoms with Crippen molar-refractivity contribution in [3.63, 3.8) is 0 Å². The third-order valence-electron chi connectivity index (χ3n) is 4.78. The number of carbonyl (C=O) groups excluding carboxylic acids is 1. The van der Waals surface area contributed by atoms with Crippen molar-refractivity contribution in [3.8, 4) is 5.75 Å². The molecule has 6 heteroatoms. The molecule has 0 radical (unpaired) electrons. The Bertz CT molecular complexity index is 841. The number of aromatic nitrogens is 1. The van der Waals surface area contributed by atoms with Crippen LogP contribution in [0, 0.1) is 5.41 Å². The summed E-state index contributed by atoms with van der Waals surface area (Å²) in [5, 5.41) is 0.901. The summed E-state index contributed by atoms with van der Waals surface area (Å²) in [5.74, 6) is 1.10. The Kier molecular flexibility index (Phi) is 3.76. The molecule has 5 nitrogen and oxygen atoms in total. The molecule has 0 unspecified atom stereocenters. The van der Waals surface area contributed by atoms with E-state index < -0.39 is 0 Å². The Labute approximate surface area is 152 Å². The Morgan fingerprint density at radius 3 is 2.84 bits per heavy atom. The highest BCUT2D eigenvalue weighted by Gasteiger charge is 2.35. The van der Waals surface area contributed by atoms with E-state index in [1.807, 2.05) is 14.1 Å². The molecule has 2 heterocycles. The molecule has 0 bridgehead atoms. The van der Waals surface area contributed by atoms with Gasteiger partial charge >= 0.3 is 0 Å². The lowest BCUT2D eigenvalue weighted by Gasteiger charge is -2.30. The van der Waals surface area contributed by atoms with Crippen molar-refractivity contribution in [1.82, 2.24) is 4.98 Å². The predicted molar refractivity (Wildman–Crippen MR) is 102 cm³/mol. The fraction of sp³-hybridized carbons (Fsp3) is 0.474. The number of hydrogen-bond donors (Lipinski definition) is 0. The van der Waals surface area contributed by atoms with Crippen LogP contribution in [0.25, 0.3) is 0 Å². The third-order valence-corrected chi connectivity index (χ3v) is 5.94. The number of benzene rings is 1. The standard InChI is InChI=1S/C19H23N3O2S/c1-19(2)10-13-17(15(23)11-19)25-18(20-13)22-7-8-24-16-9-12(21(3)4)5-6-14(16)22/h5-6,9H,7-8,10-11H2,1-4H3. The van der Waals surface area contributed by atoms with Crippen LogP contribution in [-0.4, -0.2) is 38.0 Å². The van der Waals surface area contributed by atoms with Gasteiger partial charge in [-0.15, -0.1) is 0 Å². The summed E-state index contributed by atoms with van der Waals surface area (Å²) in [6.07, 6.45) is 1.47. The second-order valence-corrected chi connectivity index (χ2v) is 8.74. The number of nitrogens with zero attached hydrogens (tertiary/aromatic N) is 3. The molecule has 25 heavy (non-hydrogen) atoms. The summed E-state index contributed by atoms with van der Waals surface area (Å²) in [4.78, 5) is 22.4. The lowest BCUT2D eigenvalue weighted by atomic mass is 9.78. The molecule has 0 fully saturated rings. The molecule has 2 aromatic rings. The molecule has 1 aromatic heterocycles. The van der Waals surface area contributed by atoms with E-state index >= 15 is 0 Å². The maximum atomic E-state index is 12.5. The van der Waals surface area contributed by atoms with E-state index in [4.69, 9.17) is 9.72 Å². The molecule has 1 aliphatic heterocycles. The molecule has 0 atom stereocenters. The SMILES string of the molecule is CN(C)c1ccc2c(c1)OCCN2c1nc2c(s1)C(=O)CC(C)(C)C2. The van der Waals surface area contributed by atoms with E-state index in [2.05, 4.69) is 41.8 Å². The zero-order chi connectivity index (χ0) is 17.8. The van der Waals surface area contributed by atoms with E-state index in [0.717, 1.165) is 45.8 Å². The third kappa shape index (κ3) is 2.88. The molecular formula is C19H23N3O2S. The fourth-order valence-electron chi connectivity index (χ4n) is 3.51. The number of rotatable bonds is 2. The van der Waals surface area contributed by atoms with E-state index in [9.17, 15) is 4.79 Å². The van der Waals surface area contributed by atoms with Gasteiger partial charge in [-0.3, -0.25) is 4.79 Å². The highest BCUT2D eigenvalue weighted by atomic mass is 32.1. The highest BCUT2D eigenvalue weighted by molar-refractivity contribution is 7.17. The second kappa shape index (κ2) is 5.73. The first kappa shape index (κ1) is 16.4. The smallest absolute Gasteiger partial charge is 0.190 e. The number of ether oxygens (including phenoxy) is 1. The lowest BCUT2D eigenvalue weighted by molar-refractivity contribution is 0.0916. The summed E-state index contributed by atoms with van der Waals surface area (Å²) < 4.78 is 5.86. The van der Waals surface area contributed by atoms with Crippen LogP contribution in [0.15, 0.2) is 18.2 Å². The Hall–Kier alpha value is -2.08. The van der Waals surface area contributed by atoms with E-state index in [1.165, 1.54) is 11.3 Å². The molecule has 2 aliphatic rings. The minimum absolute atomic E-state index is 0.00104. The Morgan fingerprint density at radius 1 is 1.28 bits per heavy atom. The average Bonchev–Trinajstić information content (AvgIpc) is 2.96. The minimum atomic E-state index is -0.00104. The van der Waals surface area contributed by atoms with Crippen LogP contribution in [0.2, 0.25) is 0 Å². The Balaban J connectivity index is 1.72. The van der Waals surface area contributed by atoms with Crippen LogP contribution in [-0.2, 0) is 6.42 Å². The van der Waals surface area contributed by atoms with Crippen LogP contribution in [0.4, 0.5) is 16.5 Å². The maximum absolute atomic E-state index is 12.5. The van der Waals surface area contributed by atoms with Crippen LogP contribution in [0.5, 0.6) is 5.75 Å². The normalized spacial score (nSPS) is 18.4. The number of hydrogen-bond acceptors (Lipinski definition) is 6. The van der Waals surface area contributed by atoms with Crippen LogP contribution < -0.4 is 14.5 Å². The quantitative estimate of drug-likeness (QED) is 0.816.